The molecule has 5 rings (SSSR count). The zero-order chi connectivity index (χ0) is 22.1. The molecule has 0 spiro atoms. The SMILES string of the molecule is O=C(N[C@@H](Cc1csc2ccccc12)C(=O)[O-])OCC1c2ccccc2-c2ccccc21. The van der Waals surface area contributed by atoms with Crippen LogP contribution in [0, 0.1) is 0 Å². The highest BCUT2D eigenvalue weighted by atomic mass is 32.1. The van der Waals surface area contributed by atoms with Gasteiger partial charge in [0, 0.05) is 10.6 Å². The third kappa shape index (κ3) is 3.74. The molecule has 0 saturated carbocycles. The van der Waals surface area contributed by atoms with Crippen molar-refractivity contribution in [1.29, 1.82) is 0 Å². The molecule has 0 radical (unpaired) electrons. The number of ether oxygens (including phenoxy) is 1. The summed E-state index contributed by atoms with van der Waals surface area (Å²) in [6.07, 6.45) is -0.628. The van der Waals surface area contributed by atoms with Crippen LogP contribution >= 0.6 is 11.3 Å². The zero-order valence-corrected chi connectivity index (χ0v) is 17.9. The van der Waals surface area contributed by atoms with Gasteiger partial charge >= 0.3 is 6.09 Å². The lowest BCUT2D eigenvalue weighted by molar-refractivity contribution is -0.308. The summed E-state index contributed by atoms with van der Waals surface area (Å²) in [6, 6.07) is 22.7. The number of thiophene rings is 1. The predicted molar refractivity (Wildman–Crippen MR) is 123 cm³/mol. The highest BCUT2D eigenvalue weighted by Gasteiger charge is 2.29. The highest BCUT2D eigenvalue weighted by Crippen LogP contribution is 2.44. The molecule has 3 aromatic carbocycles. The van der Waals surface area contributed by atoms with Gasteiger partial charge < -0.3 is 20.0 Å². The number of carbonyl (C=O) groups excluding carboxylic acids is 2. The second-order valence-corrected chi connectivity index (χ2v) is 8.71. The van der Waals surface area contributed by atoms with Crippen LogP contribution in [0.3, 0.4) is 0 Å². The summed E-state index contributed by atoms with van der Waals surface area (Å²) in [5.41, 5.74) is 5.33. The maximum Gasteiger partial charge on any atom is 0.407 e. The highest BCUT2D eigenvalue weighted by molar-refractivity contribution is 7.17. The van der Waals surface area contributed by atoms with Crippen molar-refractivity contribution in [3.8, 4) is 11.1 Å². The third-order valence-corrected chi connectivity index (χ3v) is 6.92. The number of nitrogens with one attached hydrogen (secondary N) is 1. The number of carbonyl (C=O) groups is 2. The van der Waals surface area contributed by atoms with Crippen molar-refractivity contribution in [1.82, 2.24) is 5.32 Å². The Kier molecular flexibility index (Phi) is 5.37. The molecular formula is C26H20NO4S-. The van der Waals surface area contributed by atoms with Gasteiger partial charge in [0.15, 0.2) is 0 Å². The van der Waals surface area contributed by atoms with Crippen molar-refractivity contribution in [3.05, 3.63) is 94.9 Å². The molecule has 0 fully saturated rings. The van der Waals surface area contributed by atoms with Gasteiger partial charge in [-0.05, 0) is 51.1 Å². The van der Waals surface area contributed by atoms with Gasteiger partial charge in [0.05, 0.1) is 12.0 Å². The normalized spacial score (nSPS) is 13.4. The Morgan fingerprint density at radius 1 is 0.938 bits per heavy atom. The number of alkyl carbamates (subject to hydrolysis) is 1. The second kappa shape index (κ2) is 8.48. The number of amides is 1. The molecular weight excluding hydrogens is 422 g/mol. The van der Waals surface area contributed by atoms with E-state index in [9.17, 15) is 14.7 Å². The smallest absolute Gasteiger partial charge is 0.407 e. The number of aliphatic carboxylic acids is 1. The first-order valence-corrected chi connectivity index (χ1v) is 11.3. The van der Waals surface area contributed by atoms with E-state index in [1.807, 2.05) is 66.0 Å². The maximum atomic E-state index is 12.5. The van der Waals surface area contributed by atoms with Crippen molar-refractivity contribution in [3.63, 3.8) is 0 Å². The Morgan fingerprint density at radius 2 is 1.56 bits per heavy atom. The van der Waals surface area contributed by atoms with Crippen LogP contribution in [0.5, 0.6) is 0 Å². The largest absolute Gasteiger partial charge is 0.548 e. The number of carboxylic acids is 1. The Bertz CT molecular complexity index is 1270. The molecule has 1 N–H and O–H groups in total. The molecule has 0 bridgehead atoms. The van der Waals surface area contributed by atoms with Crippen molar-refractivity contribution in [2.24, 2.45) is 0 Å². The Labute approximate surface area is 189 Å². The molecule has 1 aliphatic rings. The lowest BCUT2D eigenvalue weighted by atomic mass is 9.98. The van der Waals surface area contributed by atoms with E-state index >= 15 is 0 Å². The first-order valence-electron chi connectivity index (χ1n) is 10.4. The van der Waals surface area contributed by atoms with Gasteiger partial charge in [-0.1, -0.05) is 66.7 Å². The summed E-state index contributed by atoms with van der Waals surface area (Å²) in [5, 5.41) is 17.1. The molecule has 0 aliphatic heterocycles. The number of hydrogen-bond donors (Lipinski definition) is 1. The third-order valence-electron chi connectivity index (χ3n) is 5.91. The Morgan fingerprint density at radius 3 is 2.25 bits per heavy atom. The fourth-order valence-corrected chi connectivity index (χ4v) is 5.36. The van der Waals surface area contributed by atoms with Crippen LogP contribution in [-0.2, 0) is 16.0 Å². The first-order chi connectivity index (χ1) is 15.6. The summed E-state index contributed by atoms with van der Waals surface area (Å²) < 4.78 is 6.56. The fourth-order valence-electron chi connectivity index (χ4n) is 4.39. The van der Waals surface area contributed by atoms with E-state index in [4.69, 9.17) is 4.74 Å². The summed E-state index contributed by atoms with van der Waals surface area (Å²) in [5.74, 6) is -1.43. The zero-order valence-electron chi connectivity index (χ0n) is 17.1. The molecule has 1 atom stereocenters. The van der Waals surface area contributed by atoms with Gasteiger partial charge in [-0.3, -0.25) is 0 Å². The molecule has 0 saturated heterocycles. The van der Waals surface area contributed by atoms with Gasteiger partial charge in [0.1, 0.15) is 6.61 Å². The number of fused-ring (bicyclic) bond motifs is 4. The van der Waals surface area contributed by atoms with Crippen LogP contribution in [0.4, 0.5) is 4.79 Å². The van der Waals surface area contributed by atoms with Crippen LogP contribution in [0.25, 0.3) is 21.2 Å². The fraction of sp³-hybridized carbons (Fsp3) is 0.154. The first kappa shape index (κ1) is 20.3. The number of hydrogen-bond acceptors (Lipinski definition) is 5. The Hall–Kier alpha value is -3.64. The average molecular weight is 443 g/mol. The summed E-state index contributed by atoms with van der Waals surface area (Å²) in [7, 11) is 0. The van der Waals surface area contributed by atoms with E-state index < -0.39 is 18.1 Å². The summed E-state index contributed by atoms with van der Waals surface area (Å²) >= 11 is 1.54. The minimum Gasteiger partial charge on any atom is -0.548 e. The molecule has 160 valence electrons. The summed E-state index contributed by atoms with van der Waals surface area (Å²) in [4.78, 5) is 24.2. The molecule has 1 aliphatic carbocycles. The average Bonchev–Trinajstić information content (AvgIpc) is 3.36. The van der Waals surface area contributed by atoms with Crippen LogP contribution in [0.2, 0.25) is 0 Å². The van der Waals surface area contributed by atoms with E-state index in [1.165, 1.54) is 0 Å². The lowest BCUT2D eigenvalue weighted by Gasteiger charge is -2.20. The lowest BCUT2D eigenvalue weighted by Crippen LogP contribution is -2.49. The van der Waals surface area contributed by atoms with Crippen molar-refractivity contribution in [2.75, 3.05) is 6.61 Å². The van der Waals surface area contributed by atoms with Crippen molar-refractivity contribution in [2.45, 2.75) is 18.4 Å². The van der Waals surface area contributed by atoms with E-state index in [0.29, 0.717) is 0 Å². The van der Waals surface area contributed by atoms with Gasteiger partial charge in [-0.15, -0.1) is 11.3 Å². The van der Waals surface area contributed by atoms with Gasteiger partial charge in [-0.2, -0.15) is 0 Å². The molecule has 5 nitrogen and oxygen atoms in total. The van der Waals surface area contributed by atoms with Crippen LogP contribution < -0.4 is 10.4 Å². The van der Waals surface area contributed by atoms with Crippen LogP contribution in [-0.4, -0.2) is 24.7 Å². The van der Waals surface area contributed by atoms with Crippen molar-refractivity contribution >= 4 is 33.5 Å². The number of rotatable bonds is 6. The van der Waals surface area contributed by atoms with Gasteiger partial charge in [-0.25, -0.2) is 4.79 Å². The molecule has 0 unspecified atom stereocenters. The predicted octanol–water partition coefficient (Wildman–Crippen LogP) is 4.10. The minimum atomic E-state index is -1.34. The van der Waals surface area contributed by atoms with E-state index in [0.717, 1.165) is 37.9 Å². The molecule has 1 amide bonds. The molecule has 4 aromatic rings. The monoisotopic (exact) mass is 442 g/mol. The number of carboxylic acid groups (broad SMARTS) is 1. The maximum absolute atomic E-state index is 12.5. The van der Waals surface area contributed by atoms with E-state index in [1.54, 1.807) is 11.3 Å². The molecule has 32 heavy (non-hydrogen) atoms. The topological polar surface area (TPSA) is 78.5 Å². The Balaban J connectivity index is 1.28. The van der Waals surface area contributed by atoms with E-state index in [2.05, 4.69) is 17.4 Å². The van der Waals surface area contributed by atoms with Crippen LogP contribution in [0.15, 0.2) is 78.2 Å². The molecule has 1 heterocycles. The van der Waals surface area contributed by atoms with E-state index in [-0.39, 0.29) is 18.9 Å². The van der Waals surface area contributed by atoms with Gasteiger partial charge in [0.25, 0.3) is 0 Å². The molecule has 6 heteroatoms. The number of benzene rings is 3. The second-order valence-electron chi connectivity index (χ2n) is 7.80. The van der Waals surface area contributed by atoms with Crippen LogP contribution in [0.1, 0.15) is 22.6 Å². The minimum absolute atomic E-state index is 0.0876. The summed E-state index contributed by atoms with van der Waals surface area (Å²) in [6.45, 7) is 0.126. The molecule has 1 aromatic heterocycles. The quantitative estimate of drug-likeness (QED) is 0.488. The van der Waals surface area contributed by atoms with Crippen molar-refractivity contribution < 1.29 is 19.4 Å². The standard InChI is InChI=1S/C26H21NO4S/c28-25(29)23(13-16-15-32-24-12-6-5-7-17(16)24)27-26(30)31-14-22-20-10-3-1-8-18(20)19-9-2-4-11-21(19)22/h1-12,15,22-23H,13-14H2,(H,27,30)(H,28,29)/p-1/t23-/m0/s1. The van der Waals surface area contributed by atoms with Gasteiger partial charge in [0.2, 0.25) is 0 Å².